The zero-order valence-electron chi connectivity index (χ0n) is 16.0. The highest BCUT2D eigenvalue weighted by Gasteiger charge is 2.17. The maximum absolute atomic E-state index is 12.3. The third-order valence-electron chi connectivity index (χ3n) is 4.04. The van der Waals surface area contributed by atoms with E-state index >= 15 is 0 Å². The first-order valence-corrected chi connectivity index (χ1v) is 10.5. The molecule has 1 aromatic heterocycles. The van der Waals surface area contributed by atoms with Gasteiger partial charge in [0, 0.05) is 4.90 Å². The van der Waals surface area contributed by atoms with Crippen molar-refractivity contribution in [1.82, 2.24) is 4.98 Å². The summed E-state index contributed by atoms with van der Waals surface area (Å²) in [6, 6.07) is 9.26. The fourth-order valence-electron chi connectivity index (χ4n) is 2.76. The maximum Gasteiger partial charge on any atom is 0.342 e. The number of hydrogen-bond donors (Lipinski definition) is 1. The fraction of sp³-hybridized carbons (Fsp3) is 0.250. The number of methoxy groups -OCH3 is 1. The largest absolute Gasteiger partial charge is 0.496 e. The molecule has 0 unspecified atom stereocenters. The van der Waals surface area contributed by atoms with Crippen molar-refractivity contribution in [3.05, 3.63) is 47.0 Å². The molecule has 0 aliphatic heterocycles. The smallest absolute Gasteiger partial charge is 0.342 e. The van der Waals surface area contributed by atoms with Crippen LogP contribution in [0.3, 0.4) is 0 Å². The number of esters is 1. The molecule has 0 aliphatic carbocycles. The number of fused-ring (bicyclic) bond motifs is 1. The molecule has 28 heavy (non-hydrogen) atoms. The number of rotatable bonds is 6. The van der Waals surface area contributed by atoms with Crippen LogP contribution in [-0.4, -0.2) is 36.8 Å². The predicted octanol–water partition coefficient (Wildman–Crippen LogP) is 4.44. The molecule has 3 rings (SSSR count). The zero-order valence-corrected chi connectivity index (χ0v) is 17.6. The van der Waals surface area contributed by atoms with E-state index in [2.05, 4.69) is 10.3 Å². The number of aromatic nitrogens is 1. The highest BCUT2D eigenvalue weighted by atomic mass is 32.2. The summed E-state index contributed by atoms with van der Waals surface area (Å²) < 4.78 is 11.4. The summed E-state index contributed by atoms with van der Waals surface area (Å²) in [6.07, 6.45) is 1.93. The summed E-state index contributed by atoms with van der Waals surface area (Å²) >= 11 is 2.93. The van der Waals surface area contributed by atoms with E-state index in [1.807, 2.05) is 32.2 Å². The zero-order chi connectivity index (χ0) is 20.3. The number of hydrogen-bond acceptors (Lipinski definition) is 7. The first kappa shape index (κ1) is 20.2. The van der Waals surface area contributed by atoms with Gasteiger partial charge in [-0.05, 0) is 55.5 Å². The Kier molecular flexibility index (Phi) is 6.21. The van der Waals surface area contributed by atoms with Gasteiger partial charge in [0.2, 0.25) is 0 Å². The lowest BCUT2D eigenvalue weighted by molar-refractivity contribution is -0.119. The number of benzene rings is 2. The number of nitrogens with zero attached hydrogens (tertiary/aromatic N) is 1. The van der Waals surface area contributed by atoms with Gasteiger partial charge in [0.25, 0.3) is 5.91 Å². The van der Waals surface area contributed by atoms with Crippen molar-refractivity contribution in [3.8, 4) is 5.75 Å². The molecule has 0 radical (unpaired) electrons. The number of carbonyl (C=O) groups excluding carboxylic acids is 2. The molecule has 0 aliphatic rings. The van der Waals surface area contributed by atoms with Crippen LogP contribution in [0.15, 0.2) is 35.2 Å². The molecular formula is C20H20N2O4S2. The van der Waals surface area contributed by atoms with Gasteiger partial charge in [0.1, 0.15) is 11.3 Å². The monoisotopic (exact) mass is 416 g/mol. The van der Waals surface area contributed by atoms with E-state index in [0.717, 1.165) is 26.2 Å². The molecule has 2 aromatic carbocycles. The van der Waals surface area contributed by atoms with E-state index in [1.165, 1.54) is 30.2 Å². The normalized spacial score (nSPS) is 10.7. The van der Waals surface area contributed by atoms with E-state index in [0.29, 0.717) is 10.9 Å². The van der Waals surface area contributed by atoms with Gasteiger partial charge in [-0.1, -0.05) is 17.4 Å². The van der Waals surface area contributed by atoms with Crippen LogP contribution in [0.4, 0.5) is 5.13 Å². The molecule has 1 N–H and O–H groups in total. The van der Waals surface area contributed by atoms with E-state index in [-0.39, 0.29) is 5.56 Å². The first-order valence-electron chi connectivity index (χ1n) is 8.48. The van der Waals surface area contributed by atoms with E-state index in [9.17, 15) is 9.59 Å². The van der Waals surface area contributed by atoms with Crippen LogP contribution in [0, 0.1) is 13.8 Å². The molecule has 3 aromatic rings. The van der Waals surface area contributed by atoms with Crippen molar-refractivity contribution in [1.29, 1.82) is 0 Å². The van der Waals surface area contributed by atoms with Gasteiger partial charge in [-0.2, -0.15) is 0 Å². The molecule has 146 valence electrons. The van der Waals surface area contributed by atoms with Crippen LogP contribution >= 0.6 is 23.1 Å². The second-order valence-electron chi connectivity index (χ2n) is 6.14. The van der Waals surface area contributed by atoms with Gasteiger partial charge >= 0.3 is 5.97 Å². The Labute approximate surface area is 171 Å². The maximum atomic E-state index is 12.3. The Balaban J connectivity index is 1.64. The van der Waals surface area contributed by atoms with Crippen LogP contribution in [0.1, 0.15) is 21.5 Å². The van der Waals surface area contributed by atoms with Crippen LogP contribution in [-0.2, 0) is 9.53 Å². The Hall–Kier alpha value is -2.58. The number of thioether (sulfide) groups is 1. The molecule has 0 bridgehead atoms. The summed E-state index contributed by atoms with van der Waals surface area (Å²) in [7, 11) is 1.49. The van der Waals surface area contributed by atoms with Gasteiger partial charge in [-0.3, -0.25) is 10.1 Å². The topological polar surface area (TPSA) is 77.5 Å². The van der Waals surface area contributed by atoms with Gasteiger partial charge in [-0.15, -0.1) is 11.8 Å². The molecule has 1 heterocycles. The first-order chi connectivity index (χ1) is 13.4. The molecule has 0 saturated heterocycles. The average Bonchev–Trinajstić information content (AvgIpc) is 3.08. The summed E-state index contributed by atoms with van der Waals surface area (Å²) in [5.41, 5.74) is 3.33. The van der Waals surface area contributed by atoms with Gasteiger partial charge in [-0.25, -0.2) is 9.78 Å². The lowest BCUT2D eigenvalue weighted by Crippen LogP contribution is -2.21. The third-order valence-corrected chi connectivity index (χ3v) is 5.68. The third kappa shape index (κ3) is 4.45. The van der Waals surface area contributed by atoms with E-state index in [1.54, 1.807) is 18.2 Å². The highest BCUT2D eigenvalue weighted by molar-refractivity contribution is 7.98. The van der Waals surface area contributed by atoms with Crippen molar-refractivity contribution in [2.75, 3.05) is 25.3 Å². The number of anilines is 1. The molecule has 0 spiro atoms. The molecular weight excluding hydrogens is 396 g/mol. The van der Waals surface area contributed by atoms with Crippen LogP contribution in [0.2, 0.25) is 0 Å². The molecule has 0 atom stereocenters. The minimum Gasteiger partial charge on any atom is -0.496 e. The Morgan fingerprint density at radius 1 is 1.21 bits per heavy atom. The van der Waals surface area contributed by atoms with Crippen LogP contribution in [0.25, 0.3) is 10.2 Å². The van der Waals surface area contributed by atoms with E-state index in [4.69, 9.17) is 9.47 Å². The summed E-state index contributed by atoms with van der Waals surface area (Å²) in [4.78, 5) is 29.9. The second-order valence-corrected chi connectivity index (χ2v) is 8.05. The fourth-order valence-corrected chi connectivity index (χ4v) is 4.24. The van der Waals surface area contributed by atoms with Gasteiger partial charge in [0.15, 0.2) is 11.7 Å². The quantitative estimate of drug-likeness (QED) is 0.473. The second kappa shape index (κ2) is 8.62. The average molecular weight is 417 g/mol. The molecule has 6 nitrogen and oxygen atoms in total. The van der Waals surface area contributed by atoms with Gasteiger partial charge in [0.05, 0.1) is 17.3 Å². The SMILES string of the molecule is COc1cc(SC)ccc1C(=O)OCC(=O)Nc1nc2c(C)cc(C)cc2s1. The number of amides is 1. The Bertz CT molecular complexity index is 1050. The molecule has 1 amide bonds. The minimum atomic E-state index is -0.615. The molecule has 8 heteroatoms. The van der Waals surface area contributed by atoms with Crippen molar-refractivity contribution < 1.29 is 19.1 Å². The van der Waals surface area contributed by atoms with Crippen molar-refractivity contribution >= 4 is 50.3 Å². The molecule has 0 fully saturated rings. The van der Waals surface area contributed by atoms with Crippen molar-refractivity contribution in [2.45, 2.75) is 18.7 Å². The summed E-state index contributed by atoms with van der Waals surface area (Å²) in [6.45, 7) is 3.60. The Morgan fingerprint density at radius 2 is 2.00 bits per heavy atom. The van der Waals surface area contributed by atoms with Crippen LogP contribution < -0.4 is 10.1 Å². The van der Waals surface area contributed by atoms with Crippen molar-refractivity contribution in [2.24, 2.45) is 0 Å². The molecule has 0 saturated carbocycles. The number of thiazole rings is 1. The minimum absolute atomic E-state index is 0.277. The standard InChI is InChI=1S/C20H20N2O4S2/c1-11-7-12(2)18-16(8-11)28-20(22-18)21-17(23)10-26-19(24)14-6-5-13(27-4)9-15(14)25-3/h5-9H,10H2,1-4H3,(H,21,22,23). The van der Waals surface area contributed by atoms with Crippen LogP contribution in [0.5, 0.6) is 5.75 Å². The van der Waals surface area contributed by atoms with E-state index < -0.39 is 18.5 Å². The van der Waals surface area contributed by atoms with Crippen molar-refractivity contribution in [3.63, 3.8) is 0 Å². The lowest BCUT2D eigenvalue weighted by Gasteiger charge is -2.09. The number of nitrogens with one attached hydrogen (secondary N) is 1. The summed E-state index contributed by atoms with van der Waals surface area (Å²) in [5, 5.41) is 3.17. The lowest BCUT2D eigenvalue weighted by atomic mass is 10.1. The number of carbonyl (C=O) groups is 2. The Morgan fingerprint density at radius 3 is 2.71 bits per heavy atom. The van der Waals surface area contributed by atoms with Gasteiger partial charge < -0.3 is 9.47 Å². The highest BCUT2D eigenvalue weighted by Crippen LogP contribution is 2.29. The predicted molar refractivity (Wildman–Crippen MR) is 113 cm³/mol. The number of aryl methyl sites for hydroxylation is 2. The summed E-state index contributed by atoms with van der Waals surface area (Å²) in [5.74, 6) is -0.647. The number of ether oxygens (including phenoxy) is 2.